The molecule has 0 atom stereocenters. The molecule has 2 aromatic rings. The number of fused-ring (bicyclic) bond motifs is 1. The van der Waals surface area contributed by atoms with Gasteiger partial charge in [-0.2, -0.15) is 0 Å². The predicted molar refractivity (Wildman–Crippen MR) is 171 cm³/mol. The molecular weight excluding hydrogens is 603 g/mol. The molecule has 0 radical (unpaired) electrons. The number of imide groups is 2. The maximum absolute atomic E-state index is 14.3. The van der Waals surface area contributed by atoms with Gasteiger partial charge in [0.1, 0.15) is 12.2 Å². The van der Waals surface area contributed by atoms with Crippen LogP contribution in [0.1, 0.15) is 90.2 Å². The van der Waals surface area contributed by atoms with Gasteiger partial charge in [-0.15, -0.1) is 0 Å². The first-order valence-electron chi connectivity index (χ1n) is 15.3. The first-order chi connectivity index (χ1) is 21.2. The largest absolute Gasteiger partial charge is 0.446 e. The van der Waals surface area contributed by atoms with Gasteiger partial charge in [0.05, 0.1) is 22.5 Å². The summed E-state index contributed by atoms with van der Waals surface area (Å²) in [6, 6.07) is 12.9. The zero-order chi connectivity index (χ0) is 32.0. The Morgan fingerprint density at radius 2 is 0.886 bits per heavy atom. The summed E-state index contributed by atoms with van der Waals surface area (Å²) in [5.41, 5.74) is 0.678. The molecule has 2 aliphatic heterocycles. The van der Waals surface area contributed by atoms with Crippen molar-refractivity contribution in [1.82, 2.24) is 9.80 Å². The van der Waals surface area contributed by atoms with Gasteiger partial charge in [0, 0.05) is 10.0 Å². The van der Waals surface area contributed by atoms with Crippen LogP contribution in [0, 0.1) is 0 Å². The summed E-state index contributed by atoms with van der Waals surface area (Å²) in [6.07, 6.45) is 3.09. The average molecular weight is 642 g/mol. The Labute approximate surface area is 268 Å². The summed E-state index contributed by atoms with van der Waals surface area (Å²) in [6.45, 7) is 7.96. The van der Waals surface area contributed by atoms with E-state index >= 15 is 0 Å². The van der Waals surface area contributed by atoms with Crippen molar-refractivity contribution in [3.63, 3.8) is 0 Å². The summed E-state index contributed by atoms with van der Waals surface area (Å²) in [5, 5.41) is 0.865. The van der Waals surface area contributed by atoms with Gasteiger partial charge in [0.2, 0.25) is 0 Å². The van der Waals surface area contributed by atoms with E-state index in [1.54, 1.807) is 48.5 Å². The molecule has 0 aliphatic carbocycles. The molecule has 0 aromatic heterocycles. The van der Waals surface area contributed by atoms with Crippen LogP contribution in [0.3, 0.4) is 0 Å². The average Bonchev–Trinajstić information content (AvgIpc) is 3.46. The molecule has 44 heavy (non-hydrogen) atoms. The molecule has 2 aliphatic rings. The molecule has 0 saturated heterocycles. The number of rotatable bonds is 12. The lowest BCUT2D eigenvalue weighted by Crippen LogP contribution is -2.38. The molecule has 0 N–H and O–H groups in total. The van der Waals surface area contributed by atoms with Gasteiger partial charge in [0.25, 0.3) is 11.8 Å². The Balaban J connectivity index is 1.91. The maximum Gasteiger partial charge on any atom is 0.421 e. The summed E-state index contributed by atoms with van der Waals surface area (Å²) in [4.78, 5) is 58.0. The van der Waals surface area contributed by atoms with Crippen molar-refractivity contribution in [3.8, 4) is 0 Å². The van der Waals surface area contributed by atoms with Crippen molar-refractivity contribution in [3.05, 3.63) is 80.8 Å². The van der Waals surface area contributed by atoms with Crippen LogP contribution in [0.2, 0.25) is 10.0 Å². The summed E-state index contributed by atoms with van der Waals surface area (Å²) in [7, 11) is 0. The minimum absolute atomic E-state index is 0.0313. The Morgan fingerprint density at radius 1 is 0.591 bits per heavy atom. The standard InChI is InChI=1S/C34H38Cl2N2O6/c1-5-9-25(10-6-2)43-33(41)37-29(21-13-17-23(35)18-14-21)27-28(31(37)39)30(22-15-19-24(36)20-16-22)38(32(27)40)34(42)44-26(11-7-3)12-8-4/h13-20,25-26H,5-12H2,1-4H3. The van der Waals surface area contributed by atoms with Crippen molar-refractivity contribution in [2.24, 2.45) is 0 Å². The monoisotopic (exact) mass is 640 g/mol. The molecule has 0 fully saturated rings. The van der Waals surface area contributed by atoms with Crippen molar-refractivity contribution in [2.75, 3.05) is 0 Å². The summed E-state index contributed by atoms with van der Waals surface area (Å²) < 4.78 is 11.7. The lowest BCUT2D eigenvalue weighted by molar-refractivity contribution is -0.123. The van der Waals surface area contributed by atoms with Crippen molar-refractivity contribution in [1.29, 1.82) is 0 Å². The van der Waals surface area contributed by atoms with Crippen LogP contribution in [-0.2, 0) is 19.1 Å². The Bertz CT molecular complexity index is 1340. The fourth-order valence-electron chi connectivity index (χ4n) is 5.62. The van der Waals surface area contributed by atoms with Crippen LogP contribution < -0.4 is 0 Å². The molecule has 0 unspecified atom stereocenters. The van der Waals surface area contributed by atoms with Crippen molar-refractivity contribution < 1.29 is 28.7 Å². The molecule has 0 saturated carbocycles. The Hall–Kier alpha value is -3.62. The Kier molecular flexibility index (Phi) is 11.3. The Morgan fingerprint density at radius 3 is 1.16 bits per heavy atom. The van der Waals surface area contributed by atoms with Gasteiger partial charge in [-0.05, 0) is 61.1 Å². The molecule has 2 heterocycles. The van der Waals surface area contributed by atoms with Crippen LogP contribution in [0.4, 0.5) is 9.59 Å². The van der Waals surface area contributed by atoms with E-state index in [0.29, 0.717) is 46.9 Å². The molecule has 4 amide bonds. The minimum atomic E-state index is -0.885. The predicted octanol–water partition coefficient (Wildman–Crippen LogP) is 9.01. The summed E-state index contributed by atoms with van der Waals surface area (Å²) >= 11 is 12.3. The van der Waals surface area contributed by atoms with Gasteiger partial charge < -0.3 is 9.47 Å². The van der Waals surface area contributed by atoms with Gasteiger partial charge in [-0.1, -0.05) is 101 Å². The summed E-state index contributed by atoms with van der Waals surface area (Å²) in [5.74, 6) is -1.54. The van der Waals surface area contributed by atoms with Gasteiger partial charge in [-0.25, -0.2) is 19.4 Å². The maximum atomic E-state index is 14.3. The van der Waals surface area contributed by atoms with Gasteiger partial charge in [0.15, 0.2) is 0 Å². The molecule has 234 valence electrons. The number of carbonyl (C=O) groups is 4. The third-order valence-corrected chi connectivity index (χ3v) is 8.09. The third-order valence-electron chi connectivity index (χ3n) is 7.58. The molecule has 4 rings (SSSR count). The first kappa shape index (κ1) is 33.3. The highest BCUT2D eigenvalue weighted by Gasteiger charge is 2.53. The minimum Gasteiger partial charge on any atom is -0.446 e. The van der Waals surface area contributed by atoms with Gasteiger partial charge in [-0.3, -0.25) is 9.59 Å². The SMILES string of the molecule is CCCC(CCC)OC(=O)N1C(=O)C2=C(c3ccc(Cl)cc3)N(C(=O)OC(CCC)CCC)C(=O)C2=C1c1ccc(Cl)cc1. The van der Waals surface area contributed by atoms with E-state index < -0.39 is 36.2 Å². The quantitative estimate of drug-likeness (QED) is 0.230. The highest BCUT2D eigenvalue weighted by molar-refractivity contribution is 6.36. The fourth-order valence-corrected chi connectivity index (χ4v) is 5.87. The van der Waals surface area contributed by atoms with E-state index in [2.05, 4.69) is 0 Å². The highest BCUT2D eigenvalue weighted by atomic mass is 35.5. The van der Waals surface area contributed by atoms with Crippen LogP contribution in [0.15, 0.2) is 59.7 Å². The van der Waals surface area contributed by atoms with Crippen LogP contribution in [0.5, 0.6) is 0 Å². The number of amides is 4. The van der Waals surface area contributed by atoms with E-state index in [1.165, 1.54) is 0 Å². The first-order valence-corrected chi connectivity index (χ1v) is 16.0. The second-order valence-electron chi connectivity index (χ2n) is 10.9. The lowest BCUT2D eigenvalue weighted by atomic mass is 10.0. The van der Waals surface area contributed by atoms with Crippen LogP contribution >= 0.6 is 23.2 Å². The molecule has 8 nitrogen and oxygen atoms in total. The smallest absolute Gasteiger partial charge is 0.421 e. The number of nitrogens with zero attached hydrogens (tertiary/aromatic N) is 2. The molecule has 0 spiro atoms. The zero-order valence-corrected chi connectivity index (χ0v) is 27.0. The number of hydrogen-bond donors (Lipinski definition) is 0. The number of hydrogen-bond acceptors (Lipinski definition) is 6. The molecular formula is C34H38Cl2N2O6. The number of carbonyl (C=O) groups excluding carboxylic acids is 4. The second kappa shape index (κ2) is 14.9. The fraction of sp³-hybridized carbons (Fsp3) is 0.412. The van der Waals surface area contributed by atoms with E-state index in [0.717, 1.165) is 35.5 Å². The number of halogens is 2. The number of ether oxygens (including phenoxy) is 2. The van der Waals surface area contributed by atoms with Crippen LogP contribution in [-0.4, -0.2) is 46.0 Å². The normalized spacial score (nSPS) is 14.8. The van der Waals surface area contributed by atoms with Gasteiger partial charge >= 0.3 is 12.2 Å². The molecule has 0 bridgehead atoms. The van der Waals surface area contributed by atoms with E-state index in [4.69, 9.17) is 32.7 Å². The molecule has 10 heteroatoms. The molecule has 2 aromatic carbocycles. The van der Waals surface area contributed by atoms with Crippen molar-refractivity contribution >= 4 is 58.6 Å². The lowest BCUT2D eigenvalue weighted by Gasteiger charge is -2.26. The van der Waals surface area contributed by atoms with Crippen molar-refractivity contribution in [2.45, 2.75) is 91.3 Å². The zero-order valence-electron chi connectivity index (χ0n) is 25.5. The highest BCUT2D eigenvalue weighted by Crippen LogP contribution is 2.47. The van der Waals surface area contributed by atoms with E-state index in [9.17, 15) is 19.2 Å². The second-order valence-corrected chi connectivity index (χ2v) is 11.8. The topological polar surface area (TPSA) is 93.2 Å². The van der Waals surface area contributed by atoms with E-state index in [-0.39, 0.29) is 22.5 Å². The van der Waals surface area contributed by atoms with E-state index in [1.807, 2.05) is 27.7 Å². The van der Waals surface area contributed by atoms with Crippen LogP contribution in [0.25, 0.3) is 11.4 Å². The third kappa shape index (κ3) is 6.87. The number of benzene rings is 2.